The average Bonchev–Trinajstić information content (AvgIpc) is 3.66. The number of aromatic nitrogens is 3. The largest absolute Gasteiger partial charge is 0.496 e. The zero-order chi connectivity index (χ0) is 36.4. The molecule has 14 heteroatoms. The Bertz CT molecular complexity index is 1980. The summed E-state index contributed by atoms with van der Waals surface area (Å²) in [5.41, 5.74) is 5.08. The van der Waals surface area contributed by atoms with Gasteiger partial charge in [-0.25, -0.2) is 0 Å². The highest BCUT2D eigenvalue weighted by Gasteiger charge is 2.29. The highest BCUT2D eigenvalue weighted by Crippen LogP contribution is 2.38. The van der Waals surface area contributed by atoms with Gasteiger partial charge in [0.25, 0.3) is 5.56 Å². The third kappa shape index (κ3) is 7.39. The van der Waals surface area contributed by atoms with Crippen LogP contribution in [0, 0.1) is 0 Å². The number of carbonyl (C=O) groups is 3. The molecule has 3 N–H and O–H groups in total. The number of methoxy groups -OCH3 is 2. The second-order valence-corrected chi connectivity index (χ2v) is 14.0. The number of aryl methyl sites for hydroxylation is 1. The van der Waals surface area contributed by atoms with E-state index < -0.39 is 6.04 Å². The smallest absolute Gasteiger partial charge is 0.276 e. The monoisotopic (exact) mass is 710 g/mol. The number of rotatable bonds is 10. The van der Waals surface area contributed by atoms with Gasteiger partial charge in [-0.3, -0.25) is 39.4 Å². The number of piperidine rings is 2. The van der Waals surface area contributed by atoms with Gasteiger partial charge in [-0.15, -0.1) is 0 Å². The van der Waals surface area contributed by atoms with E-state index in [1.807, 2.05) is 29.2 Å². The summed E-state index contributed by atoms with van der Waals surface area (Å²) in [5, 5.41) is 13.3. The topological polar surface area (TPSA) is 154 Å². The van der Waals surface area contributed by atoms with E-state index in [4.69, 9.17) is 9.47 Å². The van der Waals surface area contributed by atoms with E-state index in [9.17, 15) is 19.2 Å². The van der Waals surface area contributed by atoms with Crippen LogP contribution in [-0.2, 0) is 28.0 Å². The predicted molar refractivity (Wildman–Crippen MR) is 196 cm³/mol. The lowest BCUT2D eigenvalue weighted by Gasteiger charge is -2.37. The molecule has 4 aromatic rings. The van der Waals surface area contributed by atoms with Gasteiger partial charge in [0.15, 0.2) is 0 Å². The first kappa shape index (κ1) is 35.2. The van der Waals surface area contributed by atoms with Crippen molar-refractivity contribution in [2.24, 2.45) is 7.05 Å². The molecule has 0 radical (unpaired) electrons. The molecule has 3 aliphatic heterocycles. The predicted octanol–water partition coefficient (Wildman–Crippen LogP) is 2.69. The van der Waals surface area contributed by atoms with Crippen molar-refractivity contribution in [2.45, 2.75) is 44.2 Å². The third-order valence-corrected chi connectivity index (χ3v) is 10.7. The van der Waals surface area contributed by atoms with Crippen LogP contribution in [0.2, 0.25) is 0 Å². The molecule has 1 atom stereocenters. The van der Waals surface area contributed by atoms with Crippen LogP contribution < -0.4 is 25.7 Å². The molecule has 5 heterocycles. The average molecular weight is 711 g/mol. The Morgan fingerprint density at radius 2 is 1.62 bits per heavy atom. The van der Waals surface area contributed by atoms with Crippen LogP contribution in [0.4, 0.5) is 5.69 Å². The molecular formula is C38H46N8O6. The summed E-state index contributed by atoms with van der Waals surface area (Å²) in [4.78, 5) is 56.0. The van der Waals surface area contributed by atoms with E-state index in [-0.39, 0.29) is 23.3 Å². The number of hydrogen-bond acceptors (Lipinski definition) is 10. The number of likely N-dealkylation sites (tertiary alicyclic amines) is 1. The fourth-order valence-corrected chi connectivity index (χ4v) is 7.66. The van der Waals surface area contributed by atoms with Crippen molar-refractivity contribution >= 4 is 34.3 Å². The molecule has 0 aliphatic carbocycles. The SMILES string of the molecule is COc1cc(-c2cn(C)c(=O)c3[nH]ncc23)cc(OC)c1CN1CCN(C(=O)CN2CCC(c3ccc(N[C@H]4CCC(=O)NC4=O)cc3)CC2)CC1. The molecule has 14 nitrogen and oxygen atoms in total. The fraction of sp³-hybridized carbons (Fsp3) is 0.447. The van der Waals surface area contributed by atoms with Crippen LogP contribution in [0.3, 0.4) is 0 Å². The van der Waals surface area contributed by atoms with E-state index in [2.05, 4.69) is 42.8 Å². The lowest BCUT2D eigenvalue weighted by atomic mass is 9.89. The maximum absolute atomic E-state index is 13.4. The minimum absolute atomic E-state index is 0.142. The van der Waals surface area contributed by atoms with Crippen LogP contribution in [0.1, 0.15) is 42.7 Å². The first-order valence-electron chi connectivity index (χ1n) is 17.9. The van der Waals surface area contributed by atoms with E-state index in [0.717, 1.165) is 66.8 Å². The molecule has 274 valence electrons. The Kier molecular flexibility index (Phi) is 10.3. The highest BCUT2D eigenvalue weighted by molar-refractivity contribution is 6.01. The zero-order valence-corrected chi connectivity index (χ0v) is 29.9. The van der Waals surface area contributed by atoms with Gasteiger partial charge >= 0.3 is 0 Å². The van der Waals surface area contributed by atoms with Crippen LogP contribution >= 0.6 is 0 Å². The molecule has 2 aromatic heterocycles. The molecule has 52 heavy (non-hydrogen) atoms. The van der Waals surface area contributed by atoms with Gasteiger partial charge in [-0.05, 0) is 73.7 Å². The van der Waals surface area contributed by atoms with Gasteiger partial charge in [-0.1, -0.05) is 12.1 Å². The Morgan fingerprint density at radius 3 is 2.27 bits per heavy atom. The van der Waals surface area contributed by atoms with Gasteiger partial charge in [0.1, 0.15) is 23.1 Å². The number of imide groups is 1. The second kappa shape index (κ2) is 15.2. The highest BCUT2D eigenvalue weighted by atomic mass is 16.5. The standard InChI is InChI=1S/C38H46N8O6/c1-43-21-29(28-20-39-42-36(28)38(43)50)26-18-32(51-2)30(33(19-26)52-3)22-45-14-16-46(17-15-45)35(48)23-44-12-10-25(11-13-44)24-4-6-27(7-5-24)40-31-8-9-34(47)41-37(31)49/h4-7,18-21,25,31,40H,8-17,22-23H2,1-3H3,(H,39,42)(H,41,47,49)/t31-/m0/s1. The van der Waals surface area contributed by atoms with Gasteiger partial charge < -0.3 is 24.3 Å². The van der Waals surface area contributed by atoms with Gasteiger partial charge in [0, 0.05) is 69.0 Å². The molecule has 3 fully saturated rings. The van der Waals surface area contributed by atoms with Crippen molar-refractivity contribution in [2.75, 3.05) is 65.3 Å². The fourth-order valence-electron chi connectivity index (χ4n) is 7.66. The van der Waals surface area contributed by atoms with Crippen molar-refractivity contribution in [3.8, 4) is 22.6 Å². The number of anilines is 1. The number of nitrogens with one attached hydrogen (secondary N) is 3. The third-order valence-electron chi connectivity index (χ3n) is 10.7. The van der Waals surface area contributed by atoms with Gasteiger partial charge in [-0.2, -0.15) is 5.10 Å². The number of carbonyl (C=O) groups excluding carboxylic acids is 3. The Morgan fingerprint density at radius 1 is 0.923 bits per heavy atom. The maximum atomic E-state index is 13.4. The first-order valence-corrected chi connectivity index (χ1v) is 17.9. The number of benzene rings is 2. The van der Waals surface area contributed by atoms with Crippen LogP contribution in [0.5, 0.6) is 11.5 Å². The molecule has 3 amide bonds. The summed E-state index contributed by atoms with van der Waals surface area (Å²) in [6.45, 7) is 5.59. The summed E-state index contributed by atoms with van der Waals surface area (Å²) in [5.74, 6) is 1.50. The van der Waals surface area contributed by atoms with Crippen LogP contribution in [0.15, 0.2) is 53.6 Å². The number of fused-ring (bicyclic) bond motifs is 1. The molecule has 3 aliphatic rings. The Labute approximate surface area is 302 Å². The normalized spacial score (nSPS) is 19.1. The quantitative estimate of drug-likeness (QED) is 0.210. The van der Waals surface area contributed by atoms with Crippen molar-refractivity contribution in [3.05, 3.63) is 70.3 Å². The molecule has 0 bridgehead atoms. The number of aromatic amines is 1. The minimum atomic E-state index is -0.396. The van der Waals surface area contributed by atoms with Crippen LogP contribution in [0.25, 0.3) is 22.0 Å². The van der Waals surface area contributed by atoms with E-state index in [1.165, 1.54) is 5.56 Å². The molecule has 0 unspecified atom stereocenters. The summed E-state index contributed by atoms with van der Waals surface area (Å²) in [6.07, 6.45) is 6.28. The van der Waals surface area contributed by atoms with E-state index >= 15 is 0 Å². The summed E-state index contributed by atoms with van der Waals surface area (Å²) < 4.78 is 13.3. The van der Waals surface area contributed by atoms with Crippen molar-refractivity contribution < 1.29 is 23.9 Å². The number of amides is 3. The zero-order valence-electron chi connectivity index (χ0n) is 29.9. The molecule has 3 saturated heterocycles. The minimum Gasteiger partial charge on any atom is -0.496 e. The second-order valence-electron chi connectivity index (χ2n) is 14.0. The summed E-state index contributed by atoms with van der Waals surface area (Å²) in [7, 11) is 5.02. The van der Waals surface area contributed by atoms with Crippen LogP contribution in [-0.4, -0.2) is 113 Å². The lowest BCUT2D eigenvalue weighted by molar-refractivity contribution is -0.135. The number of nitrogens with zero attached hydrogens (tertiary/aromatic N) is 5. The van der Waals surface area contributed by atoms with E-state index in [1.54, 1.807) is 38.2 Å². The maximum Gasteiger partial charge on any atom is 0.276 e. The molecule has 0 saturated carbocycles. The number of ether oxygens (including phenoxy) is 2. The van der Waals surface area contributed by atoms with Crippen molar-refractivity contribution in [1.29, 1.82) is 0 Å². The van der Waals surface area contributed by atoms with Crippen molar-refractivity contribution in [3.63, 3.8) is 0 Å². The molecular weight excluding hydrogens is 664 g/mol. The molecule has 2 aromatic carbocycles. The lowest BCUT2D eigenvalue weighted by Crippen LogP contribution is -2.51. The van der Waals surface area contributed by atoms with Crippen molar-refractivity contribution in [1.82, 2.24) is 34.8 Å². The number of piperazine rings is 1. The number of hydrogen-bond donors (Lipinski definition) is 3. The van der Waals surface area contributed by atoms with E-state index in [0.29, 0.717) is 62.0 Å². The Hall–Kier alpha value is -5.21. The van der Waals surface area contributed by atoms with Gasteiger partial charge in [0.2, 0.25) is 17.7 Å². The first-order chi connectivity index (χ1) is 25.2. The summed E-state index contributed by atoms with van der Waals surface area (Å²) in [6, 6.07) is 11.8. The molecule has 0 spiro atoms. The molecule has 7 rings (SSSR count). The number of H-pyrrole nitrogens is 1. The Balaban J connectivity index is 0.900. The number of pyridine rings is 1. The van der Waals surface area contributed by atoms with Gasteiger partial charge in [0.05, 0.1) is 32.5 Å². The summed E-state index contributed by atoms with van der Waals surface area (Å²) >= 11 is 0.